The molecule has 0 unspecified atom stereocenters. The van der Waals surface area contributed by atoms with E-state index in [0.717, 1.165) is 11.1 Å². The summed E-state index contributed by atoms with van der Waals surface area (Å²) in [5.74, 6) is -1.45. The lowest BCUT2D eigenvalue weighted by molar-refractivity contribution is -0.140. The first-order valence-corrected chi connectivity index (χ1v) is 10.1. The van der Waals surface area contributed by atoms with Crippen molar-refractivity contribution in [1.29, 1.82) is 0 Å². The number of carboxylic acid groups (broad SMARTS) is 1. The number of nitrogens with zero attached hydrogens (tertiary/aromatic N) is 1. The molecule has 0 radical (unpaired) electrons. The standard InChI is InChI=1S/C21H19ClN2O4S/c1-28-15-8-6-13(7-9-15)10-14(11-19(25)26)20(27)24-21-23-18(12-29-21)16-4-2-3-5-17(16)22/h2-9,12,14H,10-11H2,1H3,(H,25,26)(H,23,24,27)/t14-/m1/s1. The third-order valence-corrected chi connectivity index (χ3v) is 5.40. The number of benzene rings is 2. The Kier molecular flexibility index (Phi) is 6.85. The normalized spacial score (nSPS) is 11.7. The Balaban J connectivity index is 1.73. The number of aliphatic carboxylic acids is 1. The minimum Gasteiger partial charge on any atom is -0.497 e. The van der Waals surface area contributed by atoms with Gasteiger partial charge in [0, 0.05) is 16.0 Å². The number of carboxylic acids is 1. The van der Waals surface area contributed by atoms with Gasteiger partial charge in [-0.25, -0.2) is 4.98 Å². The molecule has 1 amide bonds. The number of anilines is 1. The molecule has 6 nitrogen and oxygen atoms in total. The molecule has 3 rings (SSSR count). The summed E-state index contributed by atoms with van der Waals surface area (Å²) in [6.45, 7) is 0. The van der Waals surface area contributed by atoms with Gasteiger partial charge in [0.1, 0.15) is 5.75 Å². The fourth-order valence-electron chi connectivity index (χ4n) is 2.85. The molecule has 0 saturated heterocycles. The molecule has 0 saturated carbocycles. The summed E-state index contributed by atoms with van der Waals surface area (Å²) in [6.07, 6.45) is 0.0193. The molecule has 0 aliphatic heterocycles. The van der Waals surface area contributed by atoms with E-state index >= 15 is 0 Å². The monoisotopic (exact) mass is 430 g/mol. The van der Waals surface area contributed by atoms with Crippen LogP contribution in [0.3, 0.4) is 0 Å². The largest absolute Gasteiger partial charge is 0.497 e. The smallest absolute Gasteiger partial charge is 0.304 e. The second kappa shape index (κ2) is 9.54. The zero-order valence-corrected chi connectivity index (χ0v) is 17.2. The van der Waals surface area contributed by atoms with Crippen LogP contribution in [-0.2, 0) is 16.0 Å². The Morgan fingerprint density at radius 1 is 1.21 bits per heavy atom. The van der Waals surface area contributed by atoms with Gasteiger partial charge in [0.25, 0.3) is 0 Å². The topological polar surface area (TPSA) is 88.5 Å². The number of nitrogens with one attached hydrogen (secondary N) is 1. The van der Waals surface area contributed by atoms with Gasteiger partial charge in [-0.3, -0.25) is 9.59 Å². The second-order valence-corrected chi connectivity index (χ2v) is 7.62. The highest BCUT2D eigenvalue weighted by Crippen LogP contribution is 2.30. The molecule has 0 bridgehead atoms. The number of ether oxygens (including phenoxy) is 1. The molecule has 2 aromatic carbocycles. The number of hydrogen-bond donors (Lipinski definition) is 2. The van der Waals surface area contributed by atoms with Crippen molar-refractivity contribution in [1.82, 2.24) is 4.98 Å². The lowest BCUT2D eigenvalue weighted by atomic mass is 9.95. The van der Waals surface area contributed by atoms with E-state index in [1.54, 1.807) is 30.7 Å². The summed E-state index contributed by atoms with van der Waals surface area (Å²) in [7, 11) is 1.57. The molecule has 8 heteroatoms. The van der Waals surface area contributed by atoms with Crippen molar-refractivity contribution in [2.45, 2.75) is 12.8 Å². The predicted octanol–water partition coefficient (Wildman–Crippen LogP) is 4.74. The van der Waals surface area contributed by atoms with E-state index in [0.29, 0.717) is 28.0 Å². The van der Waals surface area contributed by atoms with Gasteiger partial charge in [0.05, 0.1) is 25.1 Å². The van der Waals surface area contributed by atoms with Crippen molar-refractivity contribution >= 4 is 39.9 Å². The lowest BCUT2D eigenvalue weighted by Crippen LogP contribution is -2.27. The number of aromatic nitrogens is 1. The molecule has 1 aromatic heterocycles. The number of rotatable bonds is 8. The van der Waals surface area contributed by atoms with Gasteiger partial charge in [0.15, 0.2) is 5.13 Å². The number of carbonyl (C=O) groups excluding carboxylic acids is 1. The fourth-order valence-corrected chi connectivity index (χ4v) is 3.79. The molecule has 0 aliphatic carbocycles. The Morgan fingerprint density at radius 2 is 1.93 bits per heavy atom. The predicted molar refractivity (Wildman–Crippen MR) is 114 cm³/mol. The van der Waals surface area contributed by atoms with Gasteiger partial charge in [-0.05, 0) is 30.2 Å². The van der Waals surface area contributed by atoms with E-state index in [-0.39, 0.29) is 12.3 Å². The summed E-state index contributed by atoms with van der Waals surface area (Å²) >= 11 is 7.46. The molecular formula is C21H19ClN2O4S. The molecule has 150 valence electrons. The summed E-state index contributed by atoms with van der Waals surface area (Å²) in [5.41, 5.74) is 2.27. The molecule has 0 aliphatic rings. The van der Waals surface area contributed by atoms with E-state index < -0.39 is 11.9 Å². The van der Waals surface area contributed by atoms with Gasteiger partial charge in [-0.15, -0.1) is 11.3 Å². The zero-order chi connectivity index (χ0) is 20.8. The van der Waals surface area contributed by atoms with Gasteiger partial charge in [0.2, 0.25) is 5.91 Å². The second-order valence-electron chi connectivity index (χ2n) is 6.35. The third-order valence-electron chi connectivity index (χ3n) is 4.32. The average molecular weight is 431 g/mol. The minimum atomic E-state index is -1.03. The summed E-state index contributed by atoms with van der Waals surface area (Å²) in [4.78, 5) is 28.4. The lowest BCUT2D eigenvalue weighted by Gasteiger charge is -2.14. The van der Waals surface area contributed by atoms with E-state index in [1.807, 2.05) is 30.3 Å². The Labute approximate surface area is 177 Å². The van der Waals surface area contributed by atoms with Crippen LogP contribution in [0.25, 0.3) is 11.3 Å². The van der Waals surface area contributed by atoms with Crippen molar-refractivity contribution in [3.8, 4) is 17.0 Å². The fraction of sp³-hybridized carbons (Fsp3) is 0.190. The maximum atomic E-state index is 12.7. The molecule has 1 heterocycles. The third kappa shape index (κ3) is 5.56. The van der Waals surface area contributed by atoms with Gasteiger partial charge >= 0.3 is 5.97 Å². The number of thiazole rings is 1. The Bertz CT molecular complexity index is 1000. The molecule has 0 spiro atoms. The van der Waals surface area contributed by atoms with E-state index in [9.17, 15) is 14.7 Å². The maximum absolute atomic E-state index is 12.7. The Morgan fingerprint density at radius 3 is 2.59 bits per heavy atom. The van der Waals surface area contributed by atoms with Crippen LogP contribution < -0.4 is 10.1 Å². The van der Waals surface area contributed by atoms with E-state index in [4.69, 9.17) is 16.3 Å². The quantitative estimate of drug-likeness (QED) is 0.538. The number of carbonyl (C=O) groups is 2. The van der Waals surface area contributed by atoms with Gasteiger partial charge in [-0.1, -0.05) is 41.9 Å². The highest BCUT2D eigenvalue weighted by atomic mass is 35.5. The van der Waals surface area contributed by atoms with E-state index in [2.05, 4.69) is 10.3 Å². The van der Waals surface area contributed by atoms with Crippen LogP contribution >= 0.6 is 22.9 Å². The van der Waals surface area contributed by atoms with Gasteiger partial charge < -0.3 is 15.2 Å². The minimum absolute atomic E-state index is 0.277. The number of hydrogen-bond acceptors (Lipinski definition) is 5. The van der Waals surface area contributed by atoms with Gasteiger partial charge in [-0.2, -0.15) is 0 Å². The number of amides is 1. The highest BCUT2D eigenvalue weighted by molar-refractivity contribution is 7.14. The summed E-state index contributed by atoms with van der Waals surface area (Å²) in [5, 5.41) is 14.7. The maximum Gasteiger partial charge on any atom is 0.304 e. The SMILES string of the molecule is COc1ccc(C[C@H](CC(=O)O)C(=O)Nc2nc(-c3ccccc3Cl)cs2)cc1. The highest BCUT2D eigenvalue weighted by Gasteiger charge is 2.23. The van der Waals surface area contributed by atoms with Crippen molar-refractivity contribution in [3.63, 3.8) is 0 Å². The molecular weight excluding hydrogens is 412 g/mol. The van der Waals surface area contributed by atoms with Crippen LogP contribution in [0.15, 0.2) is 53.9 Å². The molecule has 29 heavy (non-hydrogen) atoms. The van der Waals surface area contributed by atoms with Crippen molar-refractivity contribution in [2.75, 3.05) is 12.4 Å². The number of halogens is 1. The molecule has 3 aromatic rings. The molecule has 0 fully saturated rings. The first-order valence-electron chi connectivity index (χ1n) is 8.82. The summed E-state index contributed by atoms with van der Waals surface area (Å²) < 4.78 is 5.12. The van der Waals surface area contributed by atoms with Crippen LogP contribution in [0, 0.1) is 5.92 Å². The van der Waals surface area contributed by atoms with E-state index in [1.165, 1.54) is 11.3 Å². The molecule has 1 atom stereocenters. The Hall–Kier alpha value is -2.90. The van der Waals surface area contributed by atoms with Crippen molar-refractivity contribution in [3.05, 3.63) is 64.5 Å². The average Bonchev–Trinajstić information content (AvgIpc) is 3.16. The van der Waals surface area contributed by atoms with Crippen LogP contribution in [-0.4, -0.2) is 29.1 Å². The zero-order valence-electron chi connectivity index (χ0n) is 15.6. The van der Waals surface area contributed by atoms with Crippen LogP contribution in [0.5, 0.6) is 5.75 Å². The van der Waals surface area contributed by atoms with Crippen LogP contribution in [0.1, 0.15) is 12.0 Å². The molecule has 2 N–H and O–H groups in total. The van der Waals surface area contributed by atoms with Crippen molar-refractivity contribution in [2.24, 2.45) is 5.92 Å². The summed E-state index contributed by atoms with van der Waals surface area (Å²) in [6, 6.07) is 14.5. The van der Waals surface area contributed by atoms with Crippen LogP contribution in [0.2, 0.25) is 5.02 Å². The first kappa shape index (κ1) is 20.8. The number of methoxy groups -OCH3 is 1. The van der Waals surface area contributed by atoms with Crippen molar-refractivity contribution < 1.29 is 19.4 Å². The first-order chi connectivity index (χ1) is 14.0. The van der Waals surface area contributed by atoms with Crippen LogP contribution in [0.4, 0.5) is 5.13 Å².